The third-order valence-electron chi connectivity index (χ3n) is 5.82. The van der Waals surface area contributed by atoms with E-state index >= 15 is 0 Å². The van der Waals surface area contributed by atoms with E-state index in [9.17, 15) is 0 Å². The molecule has 1 atom stereocenters. The maximum absolute atomic E-state index is 5.88. The summed E-state index contributed by atoms with van der Waals surface area (Å²) in [6, 6.07) is 17.5. The number of hydrogen-bond donors (Lipinski definition) is 0. The molecule has 1 heterocycles. The molecule has 168 valence electrons. The highest BCUT2D eigenvalue weighted by atomic mass is 16.5. The van der Waals surface area contributed by atoms with Gasteiger partial charge in [0.25, 0.3) is 0 Å². The molecule has 1 unspecified atom stereocenters. The lowest BCUT2D eigenvalue weighted by Gasteiger charge is -2.12. The lowest BCUT2D eigenvalue weighted by molar-refractivity contribution is 0.0566. The van der Waals surface area contributed by atoms with Crippen LogP contribution in [0.1, 0.15) is 63.6 Å². The van der Waals surface area contributed by atoms with Crippen LogP contribution in [-0.2, 0) is 11.2 Å². The van der Waals surface area contributed by atoms with E-state index < -0.39 is 0 Å². The molecule has 2 nitrogen and oxygen atoms in total. The zero-order valence-electron chi connectivity index (χ0n) is 19.7. The van der Waals surface area contributed by atoms with Crippen LogP contribution in [0, 0.1) is 0 Å². The van der Waals surface area contributed by atoms with Gasteiger partial charge in [-0.2, -0.15) is 0 Å². The Balaban J connectivity index is 1.52. The van der Waals surface area contributed by atoms with Crippen LogP contribution >= 0.6 is 0 Å². The van der Waals surface area contributed by atoms with Crippen molar-refractivity contribution in [1.82, 2.24) is 4.98 Å². The topological polar surface area (TPSA) is 22.1 Å². The second-order valence-corrected chi connectivity index (χ2v) is 8.57. The Bertz CT molecular complexity index is 1000. The first-order valence-corrected chi connectivity index (χ1v) is 12.1. The Hall–Kier alpha value is -2.71. The van der Waals surface area contributed by atoms with Crippen molar-refractivity contribution < 1.29 is 4.74 Å². The van der Waals surface area contributed by atoms with Crippen molar-refractivity contribution in [3.63, 3.8) is 0 Å². The summed E-state index contributed by atoms with van der Waals surface area (Å²) in [6.07, 6.45) is 16.6. The number of nitrogens with zero attached hydrogens (tertiary/aromatic N) is 1. The molecule has 0 aliphatic rings. The molecule has 0 N–H and O–H groups in total. The fourth-order valence-electron chi connectivity index (χ4n) is 3.87. The molecule has 0 saturated heterocycles. The summed E-state index contributed by atoms with van der Waals surface area (Å²) >= 11 is 0. The quantitative estimate of drug-likeness (QED) is 0.202. The lowest BCUT2D eigenvalue weighted by atomic mass is 10.0. The van der Waals surface area contributed by atoms with Gasteiger partial charge in [0.1, 0.15) is 0 Å². The third-order valence-corrected chi connectivity index (χ3v) is 5.82. The summed E-state index contributed by atoms with van der Waals surface area (Å²) in [7, 11) is 0. The zero-order chi connectivity index (χ0) is 22.6. The van der Waals surface area contributed by atoms with E-state index in [0.29, 0.717) is 6.10 Å². The monoisotopic (exact) mass is 427 g/mol. The van der Waals surface area contributed by atoms with E-state index in [1.165, 1.54) is 47.6 Å². The van der Waals surface area contributed by atoms with Crippen LogP contribution < -0.4 is 0 Å². The molecule has 0 amide bonds. The smallest absolute Gasteiger partial charge is 0.0547 e. The minimum atomic E-state index is 0.364. The second kappa shape index (κ2) is 13.0. The van der Waals surface area contributed by atoms with Crippen molar-refractivity contribution in [3.8, 4) is 11.1 Å². The fourth-order valence-corrected chi connectivity index (χ4v) is 3.87. The van der Waals surface area contributed by atoms with Gasteiger partial charge in [0.2, 0.25) is 0 Å². The van der Waals surface area contributed by atoms with Crippen molar-refractivity contribution in [2.75, 3.05) is 6.61 Å². The largest absolute Gasteiger partial charge is 0.379 e. The second-order valence-electron chi connectivity index (χ2n) is 8.57. The highest BCUT2D eigenvalue weighted by Gasteiger charge is 2.03. The van der Waals surface area contributed by atoms with Gasteiger partial charge >= 0.3 is 0 Å². The Morgan fingerprint density at radius 1 is 0.969 bits per heavy atom. The predicted octanol–water partition coefficient (Wildman–Crippen LogP) is 8.41. The number of hydrogen-bond acceptors (Lipinski definition) is 2. The standard InChI is InChI=1S/C30H37NO/c1-4-6-10-20-32-24(3)12-8-7-9-13-25-14-15-27-22-28(17-16-26(27)21-25)29-18-19-30(11-5-2)31-23-29/h5,9,13-19,21-24H,2,4,6-8,10-12,20H2,1,3H3/b13-9+. The zero-order valence-corrected chi connectivity index (χ0v) is 19.7. The van der Waals surface area contributed by atoms with E-state index in [-0.39, 0.29) is 0 Å². The van der Waals surface area contributed by atoms with Crippen LogP contribution in [0.5, 0.6) is 0 Å². The normalized spacial score (nSPS) is 12.4. The molecule has 0 aliphatic carbocycles. The van der Waals surface area contributed by atoms with E-state index in [1.807, 2.05) is 12.3 Å². The average molecular weight is 428 g/mol. The van der Waals surface area contributed by atoms with Gasteiger partial charge in [-0.3, -0.25) is 4.98 Å². The maximum atomic E-state index is 5.88. The minimum absolute atomic E-state index is 0.364. The van der Waals surface area contributed by atoms with Crippen LogP contribution in [0.3, 0.4) is 0 Å². The van der Waals surface area contributed by atoms with Gasteiger partial charge < -0.3 is 4.74 Å². The molecule has 0 saturated carbocycles. The molecule has 32 heavy (non-hydrogen) atoms. The number of aromatic nitrogens is 1. The summed E-state index contributed by atoms with van der Waals surface area (Å²) in [5, 5.41) is 2.52. The van der Waals surface area contributed by atoms with Crippen LogP contribution in [0.25, 0.3) is 28.0 Å². The number of rotatable bonds is 13. The summed E-state index contributed by atoms with van der Waals surface area (Å²) in [5.74, 6) is 0. The number of allylic oxidation sites excluding steroid dienone is 2. The molecule has 3 aromatic rings. The van der Waals surface area contributed by atoms with Gasteiger partial charge in [0.15, 0.2) is 0 Å². The third kappa shape index (κ3) is 7.46. The Morgan fingerprint density at radius 2 is 1.78 bits per heavy atom. The number of ether oxygens (including phenoxy) is 1. The van der Waals surface area contributed by atoms with Gasteiger partial charge in [-0.25, -0.2) is 0 Å². The molecular weight excluding hydrogens is 390 g/mol. The minimum Gasteiger partial charge on any atom is -0.379 e. The van der Waals surface area contributed by atoms with Gasteiger partial charge in [-0.1, -0.05) is 68.3 Å². The molecule has 1 aromatic heterocycles. The Kier molecular flexibility index (Phi) is 9.71. The van der Waals surface area contributed by atoms with Crippen LogP contribution in [-0.4, -0.2) is 17.7 Å². The van der Waals surface area contributed by atoms with Crippen molar-refractivity contribution in [3.05, 3.63) is 84.7 Å². The molecule has 2 aromatic carbocycles. The lowest BCUT2D eigenvalue weighted by Crippen LogP contribution is -2.08. The molecule has 0 aliphatic heterocycles. The van der Waals surface area contributed by atoms with Gasteiger partial charge in [-0.15, -0.1) is 6.58 Å². The van der Waals surface area contributed by atoms with Crippen LogP contribution in [0.15, 0.2) is 73.5 Å². The number of fused-ring (bicyclic) bond motifs is 1. The highest BCUT2D eigenvalue weighted by Crippen LogP contribution is 2.25. The molecule has 2 heteroatoms. The number of unbranched alkanes of at least 4 members (excludes halogenated alkanes) is 3. The average Bonchev–Trinajstić information content (AvgIpc) is 2.82. The molecule has 0 fully saturated rings. The van der Waals surface area contributed by atoms with Crippen LogP contribution in [0.2, 0.25) is 0 Å². The van der Waals surface area contributed by atoms with Crippen molar-refractivity contribution in [1.29, 1.82) is 0 Å². The molecular formula is C30H37NO. The number of pyridine rings is 1. The highest BCUT2D eigenvalue weighted by molar-refractivity contribution is 5.88. The Labute approximate surface area is 194 Å². The summed E-state index contributed by atoms with van der Waals surface area (Å²) < 4.78 is 5.88. The maximum Gasteiger partial charge on any atom is 0.0547 e. The van der Waals surface area contributed by atoms with Gasteiger partial charge in [0, 0.05) is 30.5 Å². The van der Waals surface area contributed by atoms with E-state index in [4.69, 9.17) is 4.74 Å². The summed E-state index contributed by atoms with van der Waals surface area (Å²) in [4.78, 5) is 4.53. The van der Waals surface area contributed by atoms with E-state index in [1.54, 1.807) is 0 Å². The van der Waals surface area contributed by atoms with Crippen molar-refractivity contribution >= 4 is 16.8 Å². The SMILES string of the molecule is C=CCc1ccc(-c2ccc3cc(/C=C/CCCC(C)OCCCCC)ccc3c2)cn1. The fraction of sp³-hybridized carbons (Fsp3) is 0.367. The molecule has 0 bridgehead atoms. The van der Waals surface area contributed by atoms with E-state index in [2.05, 4.69) is 86.1 Å². The Morgan fingerprint density at radius 3 is 2.56 bits per heavy atom. The first-order valence-electron chi connectivity index (χ1n) is 12.1. The number of benzene rings is 2. The first kappa shape index (κ1) is 23.9. The molecule has 0 spiro atoms. The van der Waals surface area contributed by atoms with Crippen molar-refractivity contribution in [2.24, 2.45) is 0 Å². The van der Waals surface area contributed by atoms with Crippen LogP contribution in [0.4, 0.5) is 0 Å². The van der Waals surface area contributed by atoms with Gasteiger partial charge in [0.05, 0.1) is 6.10 Å². The van der Waals surface area contributed by atoms with E-state index in [0.717, 1.165) is 37.1 Å². The van der Waals surface area contributed by atoms with Gasteiger partial charge in [-0.05, 0) is 72.7 Å². The molecule has 0 radical (unpaired) electrons. The predicted molar refractivity (Wildman–Crippen MR) is 139 cm³/mol. The summed E-state index contributed by atoms with van der Waals surface area (Å²) in [5.41, 5.74) is 4.65. The first-order chi connectivity index (χ1) is 15.7. The molecule has 3 rings (SSSR count). The van der Waals surface area contributed by atoms with Crippen molar-refractivity contribution in [2.45, 2.75) is 64.9 Å². The summed E-state index contributed by atoms with van der Waals surface area (Å²) in [6.45, 7) is 9.10.